The van der Waals surface area contributed by atoms with Crippen molar-refractivity contribution in [1.29, 1.82) is 0 Å². The molecule has 2 aliphatic rings. The largest absolute Gasteiger partial charge is 0.465 e. The fraction of sp³-hybridized carbons (Fsp3) is 0.481. The molecule has 2 amide bonds. The van der Waals surface area contributed by atoms with Crippen molar-refractivity contribution in [3.8, 4) is 11.1 Å². The predicted octanol–water partition coefficient (Wildman–Crippen LogP) is 4.38. The van der Waals surface area contributed by atoms with Crippen molar-refractivity contribution >= 4 is 12.0 Å². The zero-order valence-electron chi connectivity index (χ0n) is 19.5. The Balaban J connectivity index is 1.50. The van der Waals surface area contributed by atoms with Gasteiger partial charge in [-0.25, -0.2) is 4.79 Å². The molecule has 2 aromatic rings. The third kappa shape index (κ3) is 4.76. The van der Waals surface area contributed by atoms with Crippen LogP contribution in [0.25, 0.3) is 11.1 Å². The Kier molecular flexibility index (Phi) is 7.33. The number of nitrogens with zero attached hydrogens (tertiary/aromatic N) is 1. The molecule has 1 fully saturated rings. The highest BCUT2D eigenvalue weighted by Crippen LogP contribution is 2.51. The third-order valence-electron chi connectivity index (χ3n) is 7.10. The minimum atomic E-state index is -0.944. The summed E-state index contributed by atoms with van der Waals surface area (Å²) in [5.41, 5.74) is 3.90. The number of piperidine rings is 1. The van der Waals surface area contributed by atoms with Crippen molar-refractivity contribution in [2.24, 2.45) is 0 Å². The number of rotatable bonds is 9. The first-order valence-corrected chi connectivity index (χ1v) is 12.3. The van der Waals surface area contributed by atoms with E-state index in [4.69, 9.17) is 5.11 Å². The van der Waals surface area contributed by atoms with Crippen LogP contribution in [0.4, 0.5) is 4.79 Å². The number of hydrogen-bond donors (Lipinski definition) is 3. The van der Waals surface area contributed by atoms with Gasteiger partial charge < -0.3 is 20.6 Å². The van der Waals surface area contributed by atoms with Crippen molar-refractivity contribution < 1.29 is 14.7 Å². The normalized spacial score (nSPS) is 18.9. The first kappa shape index (κ1) is 23.3. The Morgan fingerprint density at radius 2 is 1.73 bits per heavy atom. The molecule has 0 radical (unpaired) electrons. The van der Waals surface area contributed by atoms with Gasteiger partial charge in [-0.05, 0) is 67.4 Å². The Morgan fingerprint density at radius 1 is 1.06 bits per heavy atom. The van der Waals surface area contributed by atoms with Crippen molar-refractivity contribution in [2.45, 2.75) is 56.9 Å². The Hall–Kier alpha value is -2.86. The SMILES string of the molecule is CCCNC(=O)C1(CCCCN2CCCC(NC(=O)O)C2)c2ccccc2-c2ccccc21. The highest BCUT2D eigenvalue weighted by Gasteiger charge is 2.48. The molecule has 0 aromatic heterocycles. The van der Waals surface area contributed by atoms with E-state index in [1.54, 1.807) is 0 Å². The zero-order chi connectivity index (χ0) is 23.3. The number of unbranched alkanes of at least 4 members (excludes halogenated alkanes) is 1. The zero-order valence-corrected chi connectivity index (χ0v) is 19.5. The number of amides is 2. The van der Waals surface area contributed by atoms with Crippen LogP contribution in [0.15, 0.2) is 48.5 Å². The minimum absolute atomic E-state index is 0.0102. The van der Waals surface area contributed by atoms with Crippen LogP contribution in [0.3, 0.4) is 0 Å². The summed E-state index contributed by atoms with van der Waals surface area (Å²) in [5, 5.41) is 14.9. The van der Waals surface area contributed by atoms with Gasteiger partial charge in [-0.1, -0.05) is 61.9 Å². The molecule has 0 bridgehead atoms. The van der Waals surface area contributed by atoms with Gasteiger partial charge >= 0.3 is 6.09 Å². The molecule has 0 saturated carbocycles. The molecule has 1 heterocycles. The molecule has 33 heavy (non-hydrogen) atoms. The van der Waals surface area contributed by atoms with Gasteiger partial charge in [0.1, 0.15) is 5.41 Å². The number of benzene rings is 2. The van der Waals surface area contributed by atoms with Gasteiger partial charge in [0.2, 0.25) is 5.91 Å². The summed E-state index contributed by atoms with van der Waals surface area (Å²) in [6.45, 7) is 5.45. The van der Waals surface area contributed by atoms with Gasteiger partial charge in [0, 0.05) is 19.1 Å². The van der Waals surface area contributed by atoms with Gasteiger partial charge in [-0.15, -0.1) is 0 Å². The molecule has 0 spiro atoms. The molecular formula is C27H35N3O3. The predicted molar refractivity (Wildman–Crippen MR) is 130 cm³/mol. The van der Waals surface area contributed by atoms with E-state index in [9.17, 15) is 9.59 Å². The molecule has 1 aliphatic carbocycles. The third-order valence-corrected chi connectivity index (χ3v) is 7.10. The van der Waals surface area contributed by atoms with Crippen LogP contribution < -0.4 is 10.6 Å². The number of nitrogens with one attached hydrogen (secondary N) is 2. The Labute approximate surface area is 196 Å². The molecule has 1 atom stereocenters. The quantitative estimate of drug-likeness (QED) is 0.496. The van der Waals surface area contributed by atoms with Crippen molar-refractivity contribution in [2.75, 3.05) is 26.2 Å². The van der Waals surface area contributed by atoms with Crippen LogP contribution in [-0.2, 0) is 10.2 Å². The lowest BCUT2D eigenvalue weighted by atomic mass is 9.73. The van der Waals surface area contributed by atoms with E-state index in [2.05, 4.69) is 46.7 Å². The van der Waals surface area contributed by atoms with Crippen LogP contribution in [0.2, 0.25) is 0 Å². The van der Waals surface area contributed by atoms with E-state index in [1.165, 1.54) is 11.1 Å². The van der Waals surface area contributed by atoms with Gasteiger partial charge in [0.25, 0.3) is 0 Å². The summed E-state index contributed by atoms with van der Waals surface area (Å²) >= 11 is 0. The molecule has 6 heteroatoms. The van der Waals surface area contributed by atoms with E-state index >= 15 is 0 Å². The second-order valence-corrected chi connectivity index (χ2v) is 9.30. The van der Waals surface area contributed by atoms with Crippen LogP contribution in [0.5, 0.6) is 0 Å². The summed E-state index contributed by atoms with van der Waals surface area (Å²) in [7, 11) is 0. The summed E-state index contributed by atoms with van der Waals surface area (Å²) in [5.74, 6) is 0.102. The van der Waals surface area contributed by atoms with Crippen molar-refractivity contribution in [3.05, 3.63) is 59.7 Å². The maximum absolute atomic E-state index is 13.7. The highest BCUT2D eigenvalue weighted by molar-refractivity contribution is 6.00. The first-order chi connectivity index (χ1) is 16.1. The lowest BCUT2D eigenvalue weighted by Crippen LogP contribution is -2.47. The average molecular weight is 450 g/mol. The second-order valence-electron chi connectivity index (χ2n) is 9.30. The van der Waals surface area contributed by atoms with E-state index < -0.39 is 11.5 Å². The number of likely N-dealkylation sites (tertiary alicyclic amines) is 1. The van der Waals surface area contributed by atoms with Crippen LogP contribution in [0.1, 0.15) is 56.6 Å². The molecule has 2 aromatic carbocycles. The number of carbonyl (C=O) groups is 2. The topological polar surface area (TPSA) is 81.7 Å². The maximum Gasteiger partial charge on any atom is 0.404 e. The van der Waals surface area contributed by atoms with Crippen LogP contribution >= 0.6 is 0 Å². The van der Waals surface area contributed by atoms with Gasteiger partial charge in [0.05, 0.1) is 0 Å². The van der Waals surface area contributed by atoms with E-state index in [0.717, 1.165) is 69.3 Å². The molecule has 3 N–H and O–H groups in total. The number of carboxylic acid groups (broad SMARTS) is 1. The van der Waals surface area contributed by atoms with Gasteiger partial charge in [-0.3, -0.25) is 4.79 Å². The first-order valence-electron chi connectivity index (χ1n) is 12.3. The van der Waals surface area contributed by atoms with E-state index in [0.29, 0.717) is 6.54 Å². The molecule has 176 valence electrons. The Morgan fingerprint density at radius 3 is 2.36 bits per heavy atom. The monoisotopic (exact) mass is 449 g/mol. The summed E-state index contributed by atoms with van der Waals surface area (Å²) < 4.78 is 0. The number of fused-ring (bicyclic) bond motifs is 3. The van der Waals surface area contributed by atoms with E-state index in [1.807, 2.05) is 24.3 Å². The Bertz CT molecular complexity index is 945. The molecule has 1 saturated heterocycles. The molecule has 4 rings (SSSR count). The smallest absolute Gasteiger partial charge is 0.404 e. The minimum Gasteiger partial charge on any atom is -0.465 e. The van der Waals surface area contributed by atoms with Crippen LogP contribution in [0, 0.1) is 0 Å². The molecule has 1 aliphatic heterocycles. The fourth-order valence-corrected chi connectivity index (χ4v) is 5.62. The molecule has 1 unspecified atom stereocenters. The standard InChI is InChI=1S/C27H35N3O3/c1-2-16-28-25(31)27(15-7-8-17-30-18-9-10-20(19-30)29-26(32)33)23-13-5-3-11-21(23)22-12-4-6-14-24(22)27/h3-6,11-14,20,29H,2,7-10,15-19H2,1H3,(H,28,31)(H,32,33). The summed E-state index contributed by atoms with van der Waals surface area (Å²) in [6, 6.07) is 16.7. The molecular weight excluding hydrogens is 414 g/mol. The van der Waals surface area contributed by atoms with Gasteiger partial charge in [-0.2, -0.15) is 0 Å². The van der Waals surface area contributed by atoms with Crippen molar-refractivity contribution in [1.82, 2.24) is 15.5 Å². The lowest BCUT2D eigenvalue weighted by Gasteiger charge is -2.33. The maximum atomic E-state index is 13.7. The lowest BCUT2D eigenvalue weighted by molar-refractivity contribution is -0.125. The van der Waals surface area contributed by atoms with E-state index in [-0.39, 0.29) is 11.9 Å². The second kappa shape index (κ2) is 10.4. The summed E-state index contributed by atoms with van der Waals surface area (Å²) in [6.07, 6.45) is 4.54. The number of carbonyl (C=O) groups excluding carboxylic acids is 1. The molecule has 6 nitrogen and oxygen atoms in total. The number of hydrogen-bond acceptors (Lipinski definition) is 3. The summed E-state index contributed by atoms with van der Waals surface area (Å²) in [4.78, 5) is 27.0. The average Bonchev–Trinajstić information content (AvgIpc) is 3.11. The van der Waals surface area contributed by atoms with Crippen molar-refractivity contribution in [3.63, 3.8) is 0 Å². The highest BCUT2D eigenvalue weighted by atomic mass is 16.4. The van der Waals surface area contributed by atoms with Gasteiger partial charge in [0.15, 0.2) is 0 Å². The fourth-order valence-electron chi connectivity index (χ4n) is 5.62. The van der Waals surface area contributed by atoms with Crippen LogP contribution in [-0.4, -0.2) is 54.2 Å².